The van der Waals surface area contributed by atoms with Gasteiger partial charge in [0.05, 0.1) is 12.7 Å². The minimum Gasteiger partial charge on any atom is -0.496 e. The second-order valence-electron chi connectivity index (χ2n) is 4.51. The Morgan fingerprint density at radius 3 is 2.65 bits per heavy atom. The lowest BCUT2D eigenvalue weighted by Gasteiger charge is -2.25. The molecule has 0 spiro atoms. The number of carbonyl (C=O) groups is 1. The van der Waals surface area contributed by atoms with E-state index in [1.54, 1.807) is 18.2 Å². The fourth-order valence-electron chi connectivity index (χ4n) is 1.55. The van der Waals surface area contributed by atoms with Gasteiger partial charge >= 0.3 is 0 Å². The van der Waals surface area contributed by atoms with Crippen LogP contribution in [0.4, 0.5) is 0 Å². The van der Waals surface area contributed by atoms with E-state index in [-0.39, 0.29) is 12.5 Å². The van der Waals surface area contributed by atoms with Gasteiger partial charge in [-0.2, -0.15) is 0 Å². The predicted octanol–water partition coefficient (Wildman–Crippen LogP) is 1.59. The molecule has 0 atom stereocenters. The number of ether oxygens (including phenoxy) is 1. The summed E-state index contributed by atoms with van der Waals surface area (Å²) in [6.07, 6.45) is 0.508. The maximum absolute atomic E-state index is 12.0. The van der Waals surface area contributed by atoms with Crippen LogP contribution in [0, 0.1) is 0 Å². The van der Waals surface area contributed by atoms with Gasteiger partial charge in [-0.15, -0.1) is 0 Å². The molecule has 1 amide bonds. The minimum atomic E-state index is -0.438. The summed E-state index contributed by atoms with van der Waals surface area (Å²) in [4.78, 5) is 12.0. The maximum atomic E-state index is 12.0. The summed E-state index contributed by atoms with van der Waals surface area (Å²) in [6.45, 7) is 3.78. The van der Waals surface area contributed by atoms with Gasteiger partial charge in [0.15, 0.2) is 0 Å². The highest BCUT2D eigenvalue weighted by Crippen LogP contribution is 2.18. The zero-order valence-corrected chi connectivity index (χ0v) is 10.5. The lowest BCUT2D eigenvalue weighted by molar-refractivity contribution is 0.0896. The fourth-order valence-corrected chi connectivity index (χ4v) is 1.55. The standard InChI is InChI=1S/C13H19NO3/c1-13(2,8-9-15)14-12(16)10-6-4-5-7-11(10)17-3/h4-7,15H,8-9H2,1-3H3,(H,14,16). The third-order valence-corrected chi connectivity index (χ3v) is 2.54. The molecule has 0 aliphatic carbocycles. The molecular formula is C13H19NO3. The van der Waals surface area contributed by atoms with Crippen LogP contribution < -0.4 is 10.1 Å². The molecule has 17 heavy (non-hydrogen) atoms. The first-order valence-corrected chi connectivity index (χ1v) is 5.56. The van der Waals surface area contributed by atoms with Crippen LogP contribution >= 0.6 is 0 Å². The summed E-state index contributed by atoms with van der Waals surface area (Å²) in [5, 5.41) is 11.8. The number of aliphatic hydroxyl groups excluding tert-OH is 1. The van der Waals surface area contributed by atoms with E-state index in [9.17, 15) is 4.79 Å². The van der Waals surface area contributed by atoms with Crippen molar-refractivity contribution in [2.45, 2.75) is 25.8 Å². The molecule has 0 saturated heterocycles. The molecule has 0 aromatic heterocycles. The van der Waals surface area contributed by atoms with Crippen LogP contribution in [-0.4, -0.2) is 30.3 Å². The van der Waals surface area contributed by atoms with Crippen LogP contribution in [0.15, 0.2) is 24.3 Å². The van der Waals surface area contributed by atoms with Crippen molar-refractivity contribution in [1.29, 1.82) is 0 Å². The molecule has 94 valence electrons. The highest BCUT2D eigenvalue weighted by Gasteiger charge is 2.22. The van der Waals surface area contributed by atoms with Crippen molar-refractivity contribution in [2.75, 3.05) is 13.7 Å². The summed E-state index contributed by atoms with van der Waals surface area (Å²) in [5.41, 5.74) is 0.0631. The van der Waals surface area contributed by atoms with E-state index < -0.39 is 5.54 Å². The van der Waals surface area contributed by atoms with Crippen LogP contribution in [0.1, 0.15) is 30.6 Å². The van der Waals surface area contributed by atoms with E-state index in [1.165, 1.54) is 7.11 Å². The monoisotopic (exact) mass is 237 g/mol. The Morgan fingerprint density at radius 2 is 2.06 bits per heavy atom. The molecule has 4 nitrogen and oxygen atoms in total. The SMILES string of the molecule is COc1ccccc1C(=O)NC(C)(C)CCO. The topological polar surface area (TPSA) is 58.6 Å². The molecule has 0 unspecified atom stereocenters. The first kappa shape index (κ1) is 13.5. The van der Waals surface area contributed by atoms with Crippen molar-refractivity contribution >= 4 is 5.91 Å². The van der Waals surface area contributed by atoms with Crippen molar-refractivity contribution in [1.82, 2.24) is 5.32 Å². The number of rotatable bonds is 5. The zero-order valence-electron chi connectivity index (χ0n) is 10.5. The maximum Gasteiger partial charge on any atom is 0.255 e. The van der Waals surface area contributed by atoms with E-state index in [4.69, 9.17) is 9.84 Å². The van der Waals surface area contributed by atoms with Gasteiger partial charge in [-0.05, 0) is 32.4 Å². The number of amides is 1. The molecule has 0 aliphatic rings. The van der Waals surface area contributed by atoms with Crippen LogP contribution in [0.2, 0.25) is 0 Å². The van der Waals surface area contributed by atoms with Crippen molar-refractivity contribution < 1.29 is 14.6 Å². The van der Waals surface area contributed by atoms with Gasteiger partial charge in [0.25, 0.3) is 5.91 Å². The fraction of sp³-hybridized carbons (Fsp3) is 0.462. The Labute approximate surface area is 102 Å². The number of nitrogens with one attached hydrogen (secondary N) is 1. The Hall–Kier alpha value is -1.55. The van der Waals surface area contributed by atoms with Crippen molar-refractivity contribution in [3.63, 3.8) is 0 Å². The molecule has 4 heteroatoms. The largest absolute Gasteiger partial charge is 0.496 e. The average Bonchev–Trinajstić information content (AvgIpc) is 2.28. The molecule has 0 aliphatic heterocycles. The van der Waals surface area contributed by atoms with Crippen LogP contribution in [-0.2, 0) is 0 Å². The average molecular weight is 237 g/mol. The third kappa shape index (κ3) is 3.75. The van der Waals surface area contributed by atoms with E-state index >= 15 is 0 Å². The highest BCUT2D eigenvalue weighted by atomic mass is 16.5. The smallest absolute Gasteiger partial charge is 0.255 e. The van der Waals surface area contributed by atoms with E-state index in [0.717, 1.165) is 0 Å². The summed E-state index contributed by atoms with van der Waals surface area (Å²) in [5.74, 6) is 0.352. The summed E-state index contributed by atoms with van der Waals surface area (Å²) >= 11 is 0. The van der Waals surface area contributed by atoms with Gasteiger partial charge < -0.3 is 15.2 Å². The number of para-hydroxylation sites is 1. The van der Waals surface area contributed by atoms with Gasteiger partial charge in [0.1, 0.15) is 5.75 Å². The van der Waals surface area contributed by atoms with Crippen LogP contribution in [0.5, 0.6) is 5.75 Å². The van der Waals surface area contributed by atoms with Crippen molar-refractivity contribution in [3.05, 3.63) is 29.8 Å². The highest BCUT2D eigenvalue weighted by molar-refractivity contribution is 5.97. The molecule has 0 radical (unpaired) electrons. The molecular weight excluding hydrogens is 218 g/mol. The number of methoxy groups -OCH3 is 1. The van der Waals surface area contributed by atoms with Gasteiger partial charge in [0.2, 0.25) is 0 Å². The Balaban J connectivity index is 2.83. The zero-order chi connectivity index (χ0) is 12.9. The summed E-state index contributed by atoms with van der Waals surface area (Å²) in [7, 11) is 1.53. The Kier molecular flexibility index (Phi) is 4.52. The molecule has 0 fully saturated rings. The van der Waals surface area contributed by atoms with Crippen molar-refractivity contribution in [2.24, 2.45) is 0 Å². The van der Waals surface area contributed by atoms with E-state index in [2.05, 4.69) is 5.32 Å². The molecule has 1 aromatic carbocycles. The van der Waals surface area contributed by atoms with Crippen molar-refractivity contribution in [3.8, 4) is 5.75 Å². The van der Waals surface area contributed by atoms with E-state index in [1.807, 2.05) is 19.9 Å². The minimum absolute atomic E-state index is 0.0409. The summed E-state index contributed by atoms with van der Waals surface area (Å²) < 4.78 is 5.13. The van der Waals surface area contributed by atoms with Gasteiger partial charge in [-0.3, -0.25) is 4.79 Å². The number of benzene rings is 1. The molecule has 1 aromatic rings. The van der Waals surface area contributed by atoms with Gasteiger partial charge in [0, 0.05) is 12.1 Å². The molecule has 0 saturated carbocycles. The predicted molar refractivity (Wildman–Crippen MR) is 66.2 cm³/mol. The quantitative estimate of drug-likeness (QED) is 0.817. The Morgan fingerprint density at radius 1 is 1.41 bits per heavy atom. The number of aliphatic hydroxyl groups is 1. The Bertz CT molecular complexity index is 388. The second kappa shape index (κ2) is 5.68. The third-order valence-electron chi connectivity index (χ3n) is 2.54. The summed E-state index contributed by atoms with van der Waals surface area (Å²) in [6, 6.07) is 7.06. The molecule has 2 N–H and O–H groups in total. The molecule has 0 heterocycles. The second-order valence-corrected chi connectivity index (χ2v) is 4.51. The van der Waals surface area contributed by atoms with Gasteiger partial charge in [-0.25, -0.2) is 0 Å². The molecule has 0 bridgehead atoms. The number of hydrogen-bond donors (Lipinski definition) is 2. The van der Waals surface area contributed by atoms with E-state index in [0.29, 0.717) is 17.7 Å². The van der Waals surface area contributed by atoms with Crippen LogP contribution in [0.3, 0.4) is 0 Å². The van der Waals surface area contributed by atoms with Crippen LogP contribution in [0.25, 0.3) is 0 Å². The first-order chi connectivity index (χ1) is 8.00. The lowest BCUT2D eigenvalue weighted by Crippen LogP contribution is -2.44. The van der Waals surface area contributed by atoms with Gasteiger partial charge in [-0.1, -0.05) is 12.1 Å². The lowest BCUT2D eigenvalue weighted by atomic mass is 10.0. The number of hydrogen-bond acceptors (Lipinski definition) is 3. The normalized spacial score (nSPS) is 11.1. The first-order valence-electron chi connectivity index (χ1n) is 5.56. The molecule has 1 rings (SSSR count). The number of carbonyl (C=O) groups excluding carboxylic acids is 1.